The molecule has 1 saturated carbocycles. The number of carbonyl (C=O) groups is 1. The molecule has 0 saturated heterocycles. The van der Waals surface area contributed by atoms with Crippen molar-refractivity contribution < 1.29 is 14.8 Å². The van der Waals surface area contributed by atoms with Crippen LogP contribution in [0, 0.1) is 23.0 Å². The predicted octanol–water partition coefficient (Wildman–Crippen LogP) is 2.84. The van der Waals surface area contributed by atoms with E-state index in [1.807, 2.05) is 11.9 Å². The van der Waals surface area contributed by atoms with Crippen LogP contribution in [-0.4, -0.2) is 29.6 Å². The minimum Gasteiger partial charge on any atom is -0.478 e. The summed E-state index contributed by atoms with van der Waals surface area (Å²) in [5.74, 6) is -0.543. The molecule has 6 heteroatoms. The van der Waals surface area contributed by atoms with Crippen LogP contribution in [0.15, 0.2) is 12.1 Å². The largest absolute Gasteiger partial charge is 0.478 e. The number of carboxylic acid groups (broad SMARTS) is 1. The van der Waals surface area contributed by atoms with Crippen LogP contribution < -0.4 is 4.90 Å². The smallest absolute Gasteiger partial charge is 0.336 e. The zero-order valence-corrected chi connectivity index (χ0v) is 11.6. The Bertz CT molecular complexity index is 552. The maximum Gasteiger partial charge on any atom is 0.336 e. The van der Waals surface area contributed by atoms with E-state index in [0.29, 0.717) is 17.2 Å². The van der Waals surface area contributed by atoms with Crippen molar-refractivity contribution in [2.75, 3.05) is 18.5 Å². The minimum absolute atomic E-state index is 0.0437. The van der Waals surface area contributed by atoms with E-state index < -0.39 is 10.9 Å². The van der Waals surface area contributed by atoms with Gasteiger partial charge in [0.05, 0.1) is 16.1 Å². The van der Waals surface area contributed by atoms with Crippen LogP contribution in [0.5, 0.6) is 0 Å². The summed E-state index contributed by atoms with van der Waals surface area (Å²) in [6, 6.07) is 2.64. The number of anilines is 1. The Balaban J connectivity index is 2.38. The fourth-order valence-electron chi connectivity index (χ4n) is 2.55. The van der Waals surface area contributed by atoms with Crippen molar-refractivity contribution in [2.45, 2.75) is 26.2 Å². The highest BCUT2D eigenvalue weighted by molar-refractivity contribution is 5.90. The lowest BCUT2D eigenvalue weighted by atomic mass is 9.85. The highest BCUT2D eigenvalue weighted by Crippen LogP contribution is 2.33. The molecule has 20 heavy (non-hydrogen) atoms. The summed E-state index contributed by atoms with van der Waals surface area (Å²) >= 11 is 0. The Morgan fingerprint density at radius 1 is 1.50 bits per heavy atom. The predicted molar refractivity (Wildman–Crippen MR) is 75.4 cm³/mol. The molecule has 0 aromatic heterocycles. The van der Waals surface area contributed by atoms with Gasteiger partial charge in [-0.1, -0.05) is 6.42 Å². The molecule has 108 valence electrons. The lowest BCUT2D eigenvalue weighted by molar-refractivity contribution is -0.385. The molecule has 1 aromatic carbocycles. The standard InChI is InChI=1S/C14H18N2O4/c1-9-12(15(2)8-10-4-3-5-10)6-11(14(17)18)7-13(9)16(19)20/h6-7,10H,3-5,8H2,1-2H3,(H,17,18). The average Bonchev–Trinajstić information content (AvgIpc) is 2.33. The zero-order chi connectivity index (χ0) is 14.9. The van der Waals surface area contributed by atoms with Crippen LogP contribution in [-0.2, 0) is 0 Å². The molecule has 1 N–H and O–H groups in total. The van der Waals surface area contributed by atoms with E-state index in [2.05, 4.69) is 0 Å². The van der Waals surface area contributed by atoms with E-state index in [-0.39, 0.29) is 11.3 Å². The van der Waals surface area contributed by atoms with Gasteiger partial charge >= 0.3 is 5.97 Å². The summed E-state index contributed by atoms with van der Waals surface area (Å²) in [4.78, 5) is 23.6. The lowest BCUT2D eigenvalue weighted by Gasteiger charge is -2.32. The van der Waals surface area contributed by atoms with Gasteiger partial charge in [0.15, 0.2) is 0 Å². The van der Waals surface area contributed by atoms with Crippen molar-refractivity contribution >= 4 is 17.3 Å². The first-order valence-electron chi connectivity index (χ1n) is 6.63. The van der Waals surface area contributed by atoms with E-state index >= 15 is 0 Å². The monoisotopic (exact) mass is 278 g/mol. The van der Waals surface area contributed by atoms with Gasteiger partial charge in [0.25, 0.3) is 5.69 Å². The van der Waals surface area contributed by atoms with E-state index in [1.54, 1.807) is 6.92 Å². The number of aromatic carboxylic acids is 1. The number of hydrogen-bond donors (Lipinski definition) is 1. The van der Waals surface area contributed by atoms with Gasteiger partial charge in [-0.15, -0.1) is 0 Å². The summed E-state index contributed by atoms with van der Waals surface area (Å²) in [6.07, 6.45) is 3.57. The lowest BCUT2D eigenvalue weighted by Crippen LogP contribution is -2.30. The van der Waals surface area contributed by atoms with Crippen molar-refractivity contribution in [1.29, 1.82) is 0 Å². The van der Waals surface area contributed by atoms with E-state index in [0.717, 1.165) is 12.6 Å². The van der Waals surface area contributed by atoms with Gasteiger partial charge in [-0.05, 0) is 31.7 Å². The highest BCUT2D eigenvalue weighted by Gasteiger charge is 2.24. The molecule has 0 unspecified atom stereocenters. The Labute approximate surface area is 117 Å². The van der Waals surface area contributed by atoms with Gasteiger partial charge < -0.3 is 10.0 Å². The molecule has 6 nitrogen and oxygen atoms in total. The minimum atomic E-state index is -1.15. The molecular formula is C14H18N2O4. The molecule has 0 spiro atoms. The third kappa shape index (κ3) is 2.74. The first-order chi connectivity index (χ1) is 9.40. The topological polar surface area (TPSA) is 83.7 Å². The molecule has 1 fully saturated rings. The zero-order valence-electron chi connectivity index (χ0n) is 11.6. The van der Waals surface area contributed by atoms with Crippen LogP contribution in [0.4, 0.5) is 11.4 Å². The molecule has 0 amide bonds. The molecule has 0 aliphatic heterocycles. The number of nitrogens with zero attached hydrogens (tertiary/aromatic N) is 2. The van der Waals surface area contributed by atoms with Crippen molar-refractivity contribution in [3.8, 4) is 0 Å². The number of nitro benzene ring substituents is 1. The summed E-state index contributed by atoms with van der Waals surface area (Å²) in [5.41, 5.74) is 0.962. The Kier molecular flexibility index (Phi) is 3.92. The Morgan fingerprint density at radius 2 is 2.15 bits per heavy atom. The van der Waals surface area contributed by atoms with Crippen LogP contribution >= 0.6 is 0 Å². The SMILES string of the molecule is Cc1c(N(C)CC2CCC2)cc(C(=O)O)cc1[N+](=O)[O-]. The van der Waals surface area contributed by atoms with Crippen molar-refractivity contribution in [3.05, 3.63) is 33.4 Å². The highest BCUT2D eigenvalue weighted by atomic mass is 16.6. The van der Waals surface area contributed by atoms with E-state index in [4.69, 9.17) is 5.11 Å². The molecule has 1 aliphatic rings. The molecule has 1 aliphatic carbocycles. The number of benzene rings is 1. The van der Waals surface area contributed by atoms with Crippen LogP contribution in [0.2, 0.25) is 0 Å². The van der Waals surface area contributed by atoms with E-state index in [1.165, 1.54) is 25.3 Å². The number of hydrogen-bond acceptors (Lipinski definition) is 4. The number of nitro groups is 1. The van der Waals surface area contributed by atoms with Gasteiger partial charge in [-0.25, -0.2) is 4.79 Å². The van der Waals surface area contributed by atoms with Crippen molar-refractivity contribution in [2.24, 2.45) is 5.92 Å². The second-order valence-corrected chi connectivity index (χ2v) is 5.38. The molecule has 0 bridgehead atoms. The molecule has 0 radical (unpaired) electrons. The van der Waals surface area contributed by atoms with E-state index in [9.17, 15) is 14.9 Å². The summed E-state index contributed by atoms with van der Waals surface area (Å²) < 4.78 is 0. The second-order valence-electron chi connectivity index (χ2n) is 5.38. The maximum absolute atomic E-state index is 11.1. The quantitative estimate of drug-likeness (QED) is 0.661. The van der Waals surface area contributed by atoms with Gasteiger partial charge in [-0.3, -0.25) is 10.1 Å². The van der Waals surface area contributed by atoms with Crippen LogP contribution in [0.1, 0.15) is 35.2 Å². The fourth-order valence-corrected chi connectivity index (χ4v) is 2.55. The van der Waals surface area contributed by atoms with Gasteiger partial charge in [0.2, 0.25) is 0 Å². The average molecular weight is 278 g/mol. The van der Waals surface area contributed by atoms with Gasteiger partial charge in [0.1, 0.15) is 0 Å². The molecule has 0 atom stereocenters. The number of rotatable bonds is 5. The van der Waals surface area contributed by atoms with Gasteiger partial charge in [-0.2, -0.15) is 0 Å². The first-order valence-corrected chi connectivity index (χ1v) is 6.63. The van der Waals surface area contributed by atoms with Crippen molar-refractivity contribution in [3.63, 3.8) is 0 Å². The fraction of sp³-hybridized carbons (Fsp3) is 0.500. The third-order valence-corrected chi connectivity index (χ3v) is 3.96. The van der Waals surface area contributed by atoms with Gasteiger partial charge in [0, 0.05) is 25.3 Å². The first kappa shape index (κ1) is 14.3. The van der Waals surface area contributed by atoms with Crippen LogP contribution in [0.3, 0.4) is 0 Å². The summed E-state index contributed by atoms with van der Waals surface area (Å²) in [5, 5.41) is 20.1. The Morgan fingerprint density at radius 3 is 2.60 bits per heavy atom. The summed E-state index contributed by atoms with van der Waals surface area (Å²) in [7, 11) is 1.86. The molecular weight excluding hydrogens is 260 g/mol. The third-order valence-electron chi connectivity index (χ3n) is 3.96. The maximum atomic E-state index is 11.1. The summed E-state index contributed by atoms with van der Waals surface area (Å²) in [6.45, 7) is 2.47. The molecule has 0 heterocycles. The normalized spacial score (nSPS) is 14.7. The Hall–Kier alpha value is -2.11. The molecule has 2 rings (SSSR count). The molecule has 1 aromatic rings. The van der Waals surface area contributed by atoms with Crippen molar-refractivity contribution in [1.82, 2.24) is 0 Å². The number of carboxylic acids is 1. The second kappa shape index (κ2) is 5.48. The van der Waals surface area contributed by atoms with Crippen LogP contribution in [0.25, 0.3) is 0 Å².